The van der Waals surface area contributed by atoms with Crippen LogP contribution in [0.3, 0.4) is 0 Å². The van der Waals surface area contributed by atoms with E-state index in [-0.39, 0.29) is 17.7 Å². The summed E-state index contributed by atoms with van der Waals surface area (Å²) in [6, 6.07) is 7.55. The van der Waals surface area contributed by atoms with Crippen LogP contribution in [0.1, 0.15) is 30.9 Å². The Balaban J connectivity index is 1.92. The number of benzene rings is 1. The first-order valence-corrected chi connectivity index (χ1v) is 9.34. The third kappa shape index (κ3) is 7.24. The van der Waals surface area contributed by atoms with Gasteiger partial charge in [0.1, 0.15) is 5.82 Å². The molecule has 2 aromatic rings. The van der Waals surface area contributed by atoms with E-state index < -0.39 is 17.6 Å². The van der Waals surface area contributed by atoms with Crippen LogP contribution in [0.15, 0.2) is 52.4 Å². The molecule has 5 nitrogen and oxygen atoms in total. The van der Waals surface area contributed by atoms with Crippen LogP contribution in [0.2, 0.25) is 0 Å². The van der Waals surface area contributed by atoms with Gasteiger partial charge in [0, 0.05) is 31.9 Å². The summed E-state index contributed by atoms with van der Waals surface area (Å²) < 4.78 is 54.1. The number of hydrogen-bond acceptors (Lipinski definition) is 2. The summed E-state index contributed by atoms with van der Waals surface area (Å²) in [4.78, 5) is 15.8. The fourth-order valence-corrected chi connectivity index (χ4v) is 2.72. The predicted molar refractivity (Wildman–Crippen MR) is 104 cm³/mol. The predicted octanol–water partition coefficient (Wildman–Crippen LogP) is 3.54. The zero-order chi connectivity index (χ0) is 21.3. The number of hydrogen-bond donors (Lipinski definition) is 2. The lowest BCUT2D eigenvalue weighted by atomic mass is 10.1. The number of alkyl halides is 3. The van der Waals surface area contributed by atoms with Gasteiger partial charge in [-0.05, 0) is 43.5 Å². The number of aliphatic imine (C=N–C) groups is 1. The van der Waals surface area contributed by atoms with Crippen molar-refractivity contribution in [1.29, 1.82) is 0 Å². The minimum Gasteiger partial charge on any atom is -0.357 e. The summed E-state index contributed by atoms with van der Waals surface area (Å²) in [7, 11) is 0. The van der Waals surface area contributed by atoms with E-state index in [4.69, 9.17) is 0 Å². The van der Waals surface area contributed by atoms with Gasteiger partial charge in [0.2, 0.25) is 5.56 Å². The molecule has 0 atom stereocenters. The molecule has 29 heavy (non-hydrogen) atoms. The van der Waals surface area contributed by atoms with Gasteiger partial charge in [-0.15, -0.1) is 0 Å². The molecular formula is C20H24F4N4O. The molecule has 0 fully saturated rings. The summed E-state index contributed by atoms with van der Waals surface area (Å²) in [5.74, 6) is -0.561. The highest BCUT2D eigenvalue weighted by molar-refractivity contribution is 5.79. The van der Waals surface area contributed by atoms with Gasteiger partial charge in [0.05, 0.1) is 12.1 Å². The van der Waals surface area contributed by atoms with Crippen LogP contribution in [0.25, 0.3) is 0 Å². The van der Waals surface area contributed by atoms with Gasteiger partial charge in [-0.2, -0.15) is 13.2 Å². The van der Waals surface area contributed by atoms with E-state index in [1.165, 1.54) is 6.07 Å². The van der Waals surface area contributed by atoms with Crippen LogP contribution in [-0.4, -0.2) is 23.6 Å². The number of halogens is 4. The van der Waals surface area contributed by atoms with Gasteiger partial charge >= 0.3 is 6.18 Å². The lowest BCUT2D eigenvalue weighted by Gasteiger charge is -2.14. The van der Waals surface area contributed by atoms with Crippen molar-refractivity contribution in [3.8, 4) is 0 Å². The van der Waals surface area contributed by atoms with E-state index in [1.54, 1.807) is 22.9 Å². The van der Waals surface area contributed by atoms with Crippen molar-refractivity contribution < 1.29 is 17.6 Å². The number of unbranched alkanes of at least 4 members (excludes halogenated alkanes) is 1. The average Bonchev–Trinajstić information content (AvgIpc) is 2.67. The molecule has 9 heteroatoms. The summed E-state index contributed by atoms with van der Waals surface area (Å²) in [6.45, 7) is 3.28. The quantitative estimate of drug-likeness (QED) is 0.302. The number of nitrogens with one attached hydrogen (secondary N) is 2. The zero-order valence-electron chi connectivity index (χ0n) is 16.1. The molecule has 158 valence electrons. The van der Waals surface area contributed by atoms with Crippen molar-refractivity contribution in [1.82, 2.24) is 15.2 Å². The molecule has 1 aromatic carbocycles. The normalized spacial score (nSPS) is 12.1. The fraction of sp³-hybridized carbons (Fsp3) is 0.400. The van der Waals surface area contributed by atoms with E-state index in [1.807, 2.05) is 6.92 Å². The molecule has 1 aromatic heterocycles. The molecule has 0 radical (unpaired) electrons. The molecule has 0 unspecified atom stereocenters. The highest BCUT2D eigenvalue weighted by Crippen LogP contribution is 2.32. The van der Waals surface area contributed by atoms with Crippen molar-refractivity contribution in [2.45, 2.75) is 39.0 Å². The third-order valence-corrected chi connectivity index (χ3v) is 4.15. The molecule has 0 amide bonds. The zero-order valence-corrected chi connectivity index (χ0v) is 16.1. The number of rotatable bonds is 8. The number of pyridine rings is 1. The maximum atomic E-state index is 13.2. The van der Waals surface area contributed by atoms with Crippen LogP contribution in [0.4, 0.5) is 17.6 Å². The lowest BCUT2D eigenvalue weighted by molar-refractivity contribution is -0.138. The molecule has 2 N–H and O–H groups in total. The molecule has 0 aliphatic carbocycles. The molecule has 0 aliphatic heterocycles. The third-order valence-electron chi connectivity index (χ3n) is 4.15. The van der Waals surface area contributed by atoms with Gasteiger partial charge in [-0.1, -0.05) is 12.1 Å². The van der Waals surface area contributed by atoms with Crippen molar-refractivity contribution in [3.05, 3.63) is 69.9 Å². The second-order valence-corrected chi connectivity index (χ2v) is 6.36. The smallest absolute Gasteiger partial charge is 0.357 e. The molecule has 1 heterocycles. The van der Waals surface area contributed by atoms with E-state index in [0.29, 0.717) is 31.7 Å². The van der Waals surface area contributed by atoms with Crippen LogP contribution >= 0.6 is 0 Å². The Bertz CT molecular complexity index is 877. The molecule has 0 bridgehead atoms. The standard InChI is InChI=1S/C20H24F4N4O/c1-2-25-19(26-10-4-6-12-28-11-5-3-7-18(28)29)27-14-15-8-9-16(21)13-17(15)20(22,23)24/h3,5,7-9,11,13H,2,4,6,10,12,14H2,1H3,(H2,25,26,27). The van der Waals surface area contributed by atoms with E-state index in [9.17, 15) is 22.4 Å². The SMILES string of the molecule is CCNC(=NCc1ccc(F)cc1C(F)(F)F)NCCCCn1ccccc1=O. The van der Waals surface area contributed by atoms with Crippen molar-refractivity contribution >= 4 is 5.96 Å². The monoisotopic (exact) mass is 412 g/mol. The topological polar surface area (TPSA) is 58.4 Å². The van der Waals surface area contributed by atoms with Crippen LogP contribution in [0, 0.1) is 5.82 Å². The largest absolute Gasteiger partial charge is 0.416 e. The van der Waals surface area contributed by atoms with E-state index >= 15 is 0 Å². The second kappa shape index (κ2) is 10.6. The highest BCUT2D eigenvalue weighted by Gasteiger charge is 2.33. The first-order chi connectivity index (χ1) is 13.8. The average molecular weight is 412 g/mol. The second-order valence-electron chi connectivity index (χ2n) is 6.36. The van der Waals surface area contributed by atoms with Crippen LogP contribution in [-0.2, 0) is 19.3 Å². The number of aryl methyl sites for hydroxylation is 1. The summed E-state index contributed by atoms with van der Waals surface area (Å²) >= 11 is 0. The first-order valence-electron chi connectivity index (χ1n) is 9.34. The van der Waals surface area contributed by atoms with Gasteiger partial charge in [0.25, 0.3) is 0 Å². The summed E-state index contributed by atoms with van der Waals surface area (Å²) in [5, 5.41) is 6.03. The summed E-state index contributed by atoms with van der Waals surface area (Å²) in [5.41, 5.74) is -1.18. The number of guanidine groups is 1. The number of nitrogens with zero attached hydrogens (tertiary/aromatic N) is 2. The molecule has 0 saturated heterocycles. The van der Waals surface area contributed by atoms with Crippen LogP contribution in [0.5, 0.6) is 0 Å². The fourth-order valence-electron chi connectivity index (χ4n) is 2.72. The van der Waals surface area contributed by atoms with Gasteiger partial charge in [-0.25, -0.2) is 9.38 Å². The Hall–Kier alpha value is -2.84. The lowest BCUT2D eigenvalue weighted by Crippen LogP contribution is -2.37. The van der Waals surface area contributed by atoms with Gasteiger partial charge < -0.3 is 15.2 Å². The maximum Gasteiger partial charge on any atom is 0.416 e. The Labute approximate surface area is 166 Å². The highest BCUT2D eigenvalue weighted by atomic mass is 19.4. The Morgan fingerprint density at radius 1 is 1.14 bits per heavy atom. The Kier molecular flexibility index (Phi) is 8.23. The minimum atomic E-state index is -4.64. The van der Waals surface area contributed by atoms with Crippen LogP contribution < -0.4 is 16.2 Å². The van der Waals surface area contributed by atoms with Gasteiger partial charge in [0.15, 0.2) is 5.96 Å². The van der Waals surface area contributed by atoms with Crippen molar-refractivity contribution in [2.24, 2.45) is 4.99 Å². The number of aromatic nitrogens is 1. The van der Waals surface area contributed by atoms with Gasteiger partial charge in [-0.3, -0.25) is 4.79 Å². The molecule has 0 saturated carbocycles. The molecule has 0 aliphatic rings. The maximum absolute atomic E-state index is 13.2. The van der Waals surface area contributed by atoms with E-state index in [0.717, 1.165) is 25.0 Å². The Morgan fingerprint density at radius 2 is 1.93 bits per heavy atom. The van der Waals surface area contributed by atoms with Crippen molar-refractivity contribution in [3.63, 3.8) is 0 Å². The molecular weight excluding hydrogens is 388 g/mol. The molecule has 0 spiro atoms. The summed E-state index contributed by atoms with van der Waals surface area (Å²) in [6.07, 6.45) is -1.42. The van der Waals surface area contributed by atoms with E-state index in [2.05, 4.69) is 15.6 Å². The molecule has 2 rings (SSSR count). The van der Waals surface area contributed by atoms with Crippen molar-refractivity contribution in [2.75, 3.05) is 13.1 Å². The Morgan fingerprint density at radius 3 is 2.62 bits per heavy atom. The minimum absolute atomic E-state index is 0.0601. The first kappa shape index (κ1) is 22.4.